The van der Waals surface area contributed by atoms with Crippen molar-refractivity contribution >= 4 is 34.4 Å². The molecule has 30 heavy (non-hydrogen) atoms. The van der Waals surface area contributed by atoms with Gasteiger partial charge in [-0.25, -0.2) is 19.6 Å². The molecule has 8 heteroatoms. The van der Waals surface area contributed by atoms with Crippen molar-refractivity contribution in [2.45, 2.75) is 26.4 Å². The molecule has 152 valence electrons. The molecule has 0 radical (unpaired) electrons. The number of nitrogens with zero attached hydrogens (tertiary/aromatic N) is 5. The number of hydrogen-bond donors (Lipinski definition) is 1. The first kappa shape index (κ1) is 20.7. The van der Waals surface area contributed by atoms with Crippen LogP contribution in [-0.2, 0) is 11.8 Å². The largest absolute Gasteiger partial charge is 0.443 e. The van der Waals surface area contributed by atoms with Crippen molar-refractivity contribution in [1.82, 2.24) is 14.5 Å². The van der Waals surface area contributed by atoms with Crippen LogP contribution in [-0.4, -0.2) is 33.3 Å². The van der Waals surface area contributed by atoms with E-state index in [0.29, 0.717) is 27.8 Å². The smallest absolute Gasteiger partial charge is 0.415 e. The molecule has 0 aliphatic carbocycles. The number of rotatable bonds is 1. The Kier molecular flexibility index (Phi) is 5.35. The zero-order valence-corrected chi connectivity index (χ0v) is 17.5. The molecule has 8 nitrogen and oxygen atoms in total. The van der Waals surface area contributed by atoms with Crippen molar-refractivity contribution < 1.29 is 9.53 Å². The lowest BCUT2D eigenvalue weighted by Crippen LogP contribution is -2.34. The second kappa shape index (κ2) is 7.76. The van der Waals surface area contributed by atoms with Gasteiger partial charge in [0.05, 0.1) is 24.0 Å². The lowest BCUT2D eigenvalue weighted by molar-refractivity contribution is 0.0588. The highest BCUT2D eigenvalue weighted by molar-refractivity contribution is 6.00. The minimum Gasteiger partial charge on any atom is -0.443 e. The average molecular weight is 402 g/mol. The van der Waals surface area contributed by atoms with E-state index in [-0.39, 0.29) is 11.6 Å². The molecule has 3 rings (SSSR count). The van der Waals surface area contributed by atoms with Crippen LogP contribution >= 0.6 is 0 Å². The fraction of sp³-hybridized carbons (Fsp3) is 0.273. The number of ether oxygens (including phenoxy) is 1. The molecular weight excluding hydrogens is 380 g/mol. The number of amides is 1. The zero-order valence-electron chi connectivity index (χ0n) is 17.5. The zero-order chi connectivity index (χ0) is 22.1. The van der Waals surface area contributed by atoms with Crippen LogP contribution in [0.5, 0.6) is 0 Å². The summed E-state index contributed by atoms with van der Waals surface area (Å²) >= 11 is 0. The van der Waals surface area contributed by atoms with E-state index in [2.05, 4.69) is 26.7 Å². The van der Waals surface area contributed by atoms with Gasteiger partial charge in [0.2, 0.25) is 0 Å². The number of hydrogen-bond acceptors (Lipinski definition) is 5. The van der Waals surface area contributed by atoms with Gasteiger partial charge in [-0.3, -0.25) is 4.90 Å². The molecule has 0 unspecified atom stereocenters. The van der Waals surface area contributed by atoms with Gasteiger partial charge in [0.15, 0.2) is 11.5 Å². The van der Waals surface area contributed by atoms with E-state index in [1.165, 1.54) is 4.90 Å². The SMILES string of the molecule is [C-]#[N+]c1cccc(C#Cc2c(N)nc(N(C)C(=O)OC(C)(C)C)c3ncn(C)c23)c1. The van der Waals surface area contributed by atoms with Crippen molar-refractivity contribution in [2.24, 2.45) is 7.05 Å². The minimum atomic E-state index is -0.647. The fourth-order valence-electron chi connectivity index (χ4n) is 2.79. The van der Waals surface area contributed by atoms with Gasteiger partial charge in [0, 0.05) is 19.7 Å². The summed E-state index contributed by atoms with van der Waals surface area (Å²) in [7, 11) is 3.38. The highest BCUT2D eigenvalue weighted by Gasteiger charge is 2.25. The summed E-state index contributed by atoms with van der Waals surface area (Å²) in [5.74, 6) is 6.54. The first-order valence-corrected chi connectivity index (χ1v) is 9.17. The van der Waals surface area contributed by atoms with Crippen LogP contribution in [0.3, 0.4) is 0 Å². The highest BCUT2D eigenvalue weighted by atomic mass is 16.6. The molecule has 0 fully saturated rings. The molecule has 3 aromatic rings. The number of aryl methyl sites for hydroxylation is 1. The van der Waals surface area contributed by atoms with Crippen LogP contribution in [0.2, 0.25) is 0 Å². The normalized spacial score (nSPS) is 10.8. The van der Waals surface area contributed by atoms with E-state index in [9.17, 15) is 4.79 Å². The third kappa shape index (κ3) is 4.18. The maximum absolute atomic E-state index is 12.5. The fourth-order valence-corrected chi connectivity index (χ4v) is 2.79. The van der Waals surface area contributed by atoms with Crippen molar-refractivity contribution in [3.8, 4) is 11.8 Å². The number of carbonyl (C=O) groups excluding carboxylic acids is 1. The van der Waals surface area contributed by atoms with E-state index in [4.69, 9.17) is 17.0 Å². The molecule has 0 bridgehead atoms. The Bertz CT molecular complexity index is 1230. The second-order valence-corrected chi connectivity index (χ2v) is 7.70. The molecular formula is C22H22N6O2. The standard InChI is InChI=1S/C22H22N6O2/c1-22(2,3)30-21(29)28(6)20-17-18(27(5)13-25-17)16(19(23)26-20)11-10-14-8-7-9-15(12-14)24-4/h7-9,12-13H,1-3,5-6H3,(H2,23,26). The first-order chi connectivity index (χ1) is 14.1. The van der Waals surface area contributed by atoms with Crippen molar-refractivity contribution in [1.29, 1.82) is 0 Å². The quantitative estimate of drug-likeness (QED) is 0.493. The van der Waals surface area contributed by atoms with Gasteiger partial charge < -0.3 is 15.0 Å². The number of benzene rings is 1. The Morgan fingerprint density at radius 3 is 2.73 bits per heavy atom. The molecule has 0 aliphatic heterocycles. The van der Waals surface area contributed by atoms with Gasteiger partial charge in [0.25, 0.3) is 0 Å². The van der Waals surface area contributed by atoms with E-state index in [1.807, 2.05) is 13.1 Å². The van der Waals surface area contributed by atoms with Crippen LogP contribution in [0.4, 0.5) is 22.1 Å². The number of carbonyl (C=O) groups is 1. The van der Waals surface area contributed by atoms with Gasteiger partial charge in [-0.1, -0.05) is 24.0 Å². The van der Waals surface area contributed by atoms with Crippen LogP contribution in [0.25, 0.3) is 15.9 Å². The molecule has 2 N–H and O–H groups in total. The van der Waals surface area contributed by atoms with Gasteiger partial charge >= 0.3 is 6.09 Å². The lowest BCUT2D eigenvalue weighted by Gasteiger charge is -2.24. The topological polar surface area (TPSA) is 90.6 Å². The Morgan fingerprint density at radius 2 is 2.07 bits per heavy atom. The third-order valence-electron chi connectivity index (χ3n) is 4.16. The molecule has 2 aromatic heterocycles. The number of anilines is 2. The Labute approximate surface area is 175 Å². The molecule has 0 atom stereocenters. The van der Waals surface area contributed by atoms with E-state index in [0.717, 1.165) is 0 Å². The molecule has 1 aromatic carbocycles. The Balaban J connectivity index is 2.10. The summed E-state index contributed by atoms with van der Waals surface area (Å²) in [6, 6.07) is 7.01. The predicted molar refractivity (Wildman–Crippen MR) is 116 cm³/mol. The Morgan fingerprint density at radius 1 is 1.33 bits per heavy atom. The van der Waals surface area contributed by atoms with E-state index >= 15 is 0 Å². The number of nitrogen functional groups attached to an aromatic ring is 1. The molecule has 0 saturated carbocycles. The molecule has 0 aliphatic rings. The van der Waals surface area contributed by atoms with Crippen LogP contribution in [0, 0.1) is 18.4 Å². The van der Waals surface area contributed by atoms with Crippen molar-refractivity contribution in [2.75, 3.05) is 17.7 Å². The number of imidazole rings is 1. The number of aromatic nitrogens is 3. The molecule has 1 amide bonds. The summed E-state index contributed by atoms with van der Waals surface area (Å²) in [5.41, 5.74) is 8.41. The van der Waals surface area contributed by atoms with Crippen LogP contribution in [0.1, 0.15) is 31.9 Å². The van der Waals surface area contributed by atoms with Gasteiger partial charge in [-0.05, 0) is 32.9 Å². The molecule has 0 spiro atoms. The predicted octanol–water partition coefficient (Wildman–Crippen LogP) is 3.87. The molecule has 2 heterocycles. The second-order valence-electron chi connectivity index (χ2n) is 7.70. The van der Waals surface area contributed by atoms with Gasteiger partial charge in [-0.2, -0.15) is 0 Å². The number of fused-ring (bicyclic) bond motifs is 1. The highest BCUT2D eigenvalue weighted by Crippen LogP contribution is 2.29. The summed E-state index contributed by atoms with van der Waals surface area (Å²) in [5, 5.41) is 0. The maximum Gasteiger partial charge on any atom is 0.415 e. The monoisotopic (exact) mass is 402 g/mol. The lowest BCUT2D eigenvalue weighted by atomic mass is 10.1. The van der Waals surface area contributed by atoms with Crippen LogP contribution < -0.4 is 10.6 Å². The third-order valence-corrected chi connectivity index (χ3v) is 4.16. The average Bonchev–Trinajstić information content (AvgIpc) is 3.06. The van der Waals surface area contributed by atoms with Gasteiger partial charge in [-0.15, -0.1) is 0 Å². The number of pyridine rings is 1. The summed E-state index contributed by atoms with van der Waals surface area (Å²) in [6.45, 7) is 12.5. The molecule has 0 saturated heterocycles. The number of nitrogens with two attached hydrogens (primary N) is 1. The van der Waals surface area contributed by atoms with E-state index in [1.54, 1.807) is 56.9 Å². The van der Waals surface area contributed by atoms with Gasteiger partial charge in [0.1, 0.15) is 16.9 Å². The minimum absolute atomic E-state index is 0.172. The van der Waals surface area contributed by atoms with Crippen molar-refractivity contribution in [3.05, 3.63) is 53.1 Å². The van der Waals surface area contributed by atoms with Crippen molar-refractivity contribution in [3.63, 3.8) is 0 Å². The summed E-state index contributed by atoms with van der Waals surface area (Å²) < 4.78 is 7.20. The Hall–Kier alpha value is -4.04. The first-order valence-electron chi connectivity index (χ1n) is 9.17. The van der Waals surface area contributed by atoms with Crippen LogP contribution in [0.15, 0.2) is 30.6 Å². The van der Waals surface area contributed by atoms with E-state index < -0.39 is 11.7 Å². The maximum atomic E-state index is 12.5. The summed E-state index contributed by atoms with van der Waals surface area (Å²) in [6.07, 6.45) is 1.05. The summed E-state index contributed by atoms with van der Waals surface area (Å²) in [4.78, 5) is 26.0.